The van der Waals surface area contributed by atoms with Crippen LogP contribution in [-0.4, -0.2) is 56.1 Å². The first-order valence-electron chi connectivity index (χ1n) is 11.1. The molecule has 5 rings (SSSR count). The minimum absolute atomic E-state index is 0.0822. The third-order valence-corrected chi connectivity index (χ3v) is 6.01. The van der Waals surface area contributed by atoms with Crippen molar-refractivity contribution in [2.24, 2.45) is 4.99 Å². The molecule has 0 bridgehead atoms. The van der Waals surface area contributed by atoms with Gasteiger partial charge in [0.25, 0.3) is 0 Å². The molecule has 3 aromatic rings. The van der Waals surface area contributed by atoms with Gasteiger partial charge >= 0.3 is 5.97 Å². The number of fused-ring (bicyclic) bond motifs is 2. The zero-order valence-corrected chi connectivity index (χ0v) is 19.4. The topological polar surface area (TPSA) is 72.4 Å². The van der Waals surface area contributed by atoms with E-state index in [2.05, 4.69) is 10.2 Å². The predicted octanol–water partition coefficient (Wildman–Crippen LogP) is 4.66. The summed E-state index contributed by atoms with van der Waals surface area (Å²) in [5.41, 5.74) is 2.13. The predicted molar refractivity (Wildman–Crippen MR) is 131 cm³/mol. The second-order valence-electron chi connectivity index (χ2n) is 8.07. The zero-order valence-electron chi connectivity index (χ0n) is 18.7. The number of carbonyl (C=O) groups excluding carboxylic acids is 1. The van der Waals surface area contributed by atoms with Gasteiger partial charge in [0.15, 0.2) is 5.75 Å². The number of hydrogen-bond donors (Lipinski definition) is 1. The summed E-state index contributed by atoms with van der Waals surface area (Å²) < 4.78 is 16.9. The van der Waals surface area contributed by atoms with Gasteiger partial charge in [-0.2, -0.15) is 0 Å². The molecule has 1 fully saturated rings. The van der Waals surface area contributed by atoms with E-state index in [1.165, 1.54) is 7.11 Å². The second kappa shape index (κ2) is 9.75. The first-order valence-corrected chi connectivity index (χ1v) is 11.4. The number of rotatable bonds is 4. The van der Waals surface area contributed by atoms with Crippen LogP contribution in [0.2, 0.25) is 5.02 Å². The lowest BCUT2D eigenvalue weighted by Gasteiger charge is -2.35. The highest BCUT2D eigenvalue weighted by Gasteiger charge is 2.27. The number of esters is 1. The van der Waals surface area contributed by atoms with Gasteiger partial charge < -0.3 is 24.4 Å². The molecule has 0 amide bonds. The molecular formula is C26H24ClN3O4. The van der Waals surface area contributed by atoms with Gasteiger partial charge in [-0.05, 0) is 54.6 Å². The SMILES string of the molecule is COC(=O)c1ccc(OCC2CN(C3=Nc4ccccc4Oc4ccc(Cl)cc43)CCN2)cc1. The van der Waals surface area contributed by atoms with Crippen LogP contribution in [0.3, 0.4) is 0 Å². The number of benzene rings is 3. The van der Waals surface area contributed by atoms with E-state index >= 15 is 0 Å². The van der Waals surface area contributed by atoms with E-state index in [-0.39, 0.29) is 12.0 Å². The number of nitrogens with zero attached hydrogens (tertiary/aromatic N) is 2. The maximum atomic E-state index is 11.6. The number of aliphatic imine (C=N–C) groups is 1. The van der Waals surface area contributed by atoms with E-state index in [1.54, 1.807) is 24.3 Å². The van der Waals surface area contributed by atoms with Crippen LogP contribution in [0, 0.1) is 0 Å². The number of carbonyl (C=O) groups is 1. The molecule has 174 valence electrons. The fourth-order valence-corrected chi connectivity index (χ4v) is 4.24. The summed E-state index contributed by atoms with van der Waals surface area (Å²) in [5.74, 6) is 2.59. The maximum Gasteiger partial charge on any atom is 0.337 e. The Kier molecular flexibility index (Phi) is 6.38. The van der Waals surface area contributed by atoms with E-state index in [9.17, 15) is 4.79 Å². The van der Waals surface area contributed by atoms with E-state index in [4.69, 9.17) is 30.8 Å². The lowest BCUT2D eigenvalue weighted by molar-refractivity contribution is 0.0600. The lowest BCUT2D eigenvalue weighted by Crippen LogP contribution is -2.54. The van der Waals surface area contributed by atoms with E-state index < -0.39 is 0 Å². The number of nitrogens with one attached hydrogen (secondary N) is 1. The monoisotopic (exact) mass is 477 g/mol. The molecule has 0 saturated carbocycles. The Bertz CT molecular complexity index is 1230. The summed E-state index contributed by atoms with van der Waals surface area (Å²) in [6.07, 6.45) is 0. The molecule has 0 aromatic heterocycles. The van der Waals surface area contributed by atoms with Crippen molar-refractivity contribution in [3.05, 3.63) is 82.9 Å². The van der Waals surface area contributed by atoms with E-state index in [0.717, 1.165) is 35.9 Å². The average molecular weight is 478 g/mol. The van der Waals surface area contributed by atoms with Gasteiger partial charge in [0.1, 0.15) is 29.6 Å². The number of piperazine rings is 1. The molecule has 0 radical (unpaired) electrons. The van der Waals surface area contributed by atoms with Gasteiger partial charge in [-0.15, -0.1) is 0 Å². The Morgan fingerprint density at radius 1 is 1.15 bits per heavy atom. The van der Waals surface area contributed by atoms with Crippen molar-refractivity contribution >= 4 is 29.1 Å². The van der Waals surface area contributed by atoms with Crippen molar-refractivity contribution < 1.29 is 19.0 Å². The van der Waals surface area contributed by atoms with Crippen molar-refractivity contribution in [3.8, 4) is 17.2 Å². The van der Waals surface area contributed by atoms with Crippen LogP contribution in [-0.2, 0) is 4.74 Å². The Balaban J connectivity index is 1.34. The van der Waals surface area contributed by atoms with Crippen LogP contribution in [0.5, 0.6) is 17.2 Å². The van der Waals surface area contributed by atoms with Gasteiger partial charge in [-0.25, -0.2) is 9.79 Å². The first-order chi connectivity index (χ1) is 16.6. The highest BCUT2D eigenvalue weighted by molar-refractivity contribution is 6.31. The van der Waals surface area contributed by atoms with Crippen molar-refractivity contribution in [1.29, 1.82) is 0 Å². The molecule has 7 nitrogen and oxygen atoms in total. The molecule has 3 aromatic carbocycles. The van der Waals surface area contributed by atoms with E-state index in [0.29, 0.717) is 35.2 Å². The molecule has 0 spiro atoms. The quantitative estimate of drug-likeness (QED) is 0.551. The number of para-hydroxylation sites is 2. The molecule has 1 saturated heterocycles. The van der Waals surface area contributed by atoms with Crippen molar-refractivity contribution in [3.63, 3.8) is 0 Å². The Labute approximate surface area is 202 Å². The Morgan fingerprint density at radius 3 is 2.79 bits per heavy atom. The molecule has 2 heterocycles. The van der Waals surface area contributed by atoms with Crippen LogP contribution in [0.15, 0.2) is 71.7 Å². The molecule has 8 heteroatoms. The van der Waals surface area contributed by atoms with Crippen molar-refractivity contribution in [2.45, 2.75) is 6.04 Å². The third kappa shape index (κ3) is 4.71. The molecular weight excluding hydrogens is 454 g/mol. The maximum absolute atomic E-state index is 11.6. The summed E-state index contributed by atoms with van der Waals surface area (Å²) in [4.78, 5) is 18.8. The van der Waals surface area contributed by atoms with Crippen LogP contribution < -0.4 is 14.8 Å². The molecule has 1 unspecified atom stereocenters. The summed E-state index contributed by atoms with van der Waals surface area (Å²) in [6.45, 7) is 2.74. The van der Waals surface area contributed by atoms with Gasteiger partial charge in [0.05, 0.1) is 24.3 Å². The number of methoxy groups -OCH3 is 1. The van der Waals surface area contributed by atoms with Crippen molar-refractivity contribution in [1.82, 2.24) is 10.2 Å². The summed E-state index contributed by atoms with van der Waals surface area (Å²) in [6, 6.07) is 20.4. The molecule has 2 aliphatic heterocycles. The van der Waals surface area contributed by atoms with E-state index in [1.807, 2.05) is 42.5 Å². The number of ether oxygens (including phenoxy) is 3. The molecule has 34 heavy (non-hydrogen) atoms. The fraction of sp³-hybridized carbons (Fsp3) is 0.231. The minimum atomic E-state index is -0.369. The lowest BCUT2D eigenvalue weighted by atomic mass is 10.1. The van der Waals surface area contributed by atoms with Crippen LogP contribution in [0.1, 0.15) is 15.9 Å². The van der Waals surface area contributed by atoms with Gasteiger partial charge in [-0.1, -0.05) is 23.7 Å². The Morgan fingerprint density at radius 2 is 1.97 bits per heavy atom. The smallest absolute Gasteiger partial charge is 0.337 e. The normalized spacial score (nSPS) is 16.9. The first kappa shape index (κ1) is 22.3. The molecule has 1 atom stereocenters. The van der Waals surface area contributed by atoms with Crippen LogP contribution in [0.4, 0.5) is 5.69 Å². The fourth-order valence-electron chi connectivity index (χ4n) is 4.07. The highest BCUT2D eigenvalue weighted by Crippen LogP contribution is 2.39. The summed E-state index contributed by atoms with van der Waals surface area (Å²) >= 11 is 6.34. The summed E-state index contributed by atoms with van der Waals surface area (Å²) in [7, 11) is 1.36. The third-order valence-electron chi connectivity index (χ3n) is 5.78. The number of amidine groups is 1. The minimum Gasteiger partial charge on any atom is -0.492 e. The molecule has 0 aliphatic carbocycles. The standard InChI is InChI=1S/C26H24ClN3O4/c1-32-26(31)17-6-9-20(10-7-17)33-16-19-15-30(13-12-28-19)25-21-14-18(27)8-11-23(21)34-24-5-3-2-4-22(24)29-25/h2-11,14,19,28H,12-13,15-16H2,1H3. The van der Waals surface area contributed by atoms with Crippen LogP contribution >= 0.6 is 11.6 Å². The largest absolute Gasteiger partial charge is 0.492 e. The second-order valence-corrected chi connectivity index (χ2v) is 8.51. The van der Waals surface area contributed by atoms with Gasteiger partial charge in [0.2, 0.25) is 0 Å². The zero-order chi connectivity index (χ0) is 23.5. The molecule has 2 aliphatic rings. The van der Waals surface area contributed by atoms with Crippen LogP contribution in [0.25, 0.3) is 0 Å². The van der Waals surface area contributed by atoms with Gasteiger partial charge in [-0.3, -0.25) is 0 Å². The van der Waals surface area contributed by atoms with Crippen molar-refractivity contribution in [2.75, 3.05) is 33.4 Å². The number of hydrogen-bond acceptors (Lipinski definition) is 7. The molecule has 1 N–H and O–H groups in total. The van der Waals surface area contributed by atoms with Gasteiger partial charge in [0, 0.05) is 24.7 Å². The summed E-state index contributed by atoms with van der Waals surface area (Å²) in [5, 5.41) is 4.15. The number of halogens is 1. The average Bonchev–Trinajstić information content (AvgIpc) is 3.04. The highest BCUT2D eigenvalue weighted by atomic mass is 35.5. The Hall–Kier alpha value is -3.55.